The number of hydrogen-bond donors (Lipinski definition) is 1. The molecular formula is C13H19BrN2O. The lowest BCUT2D eigenvalue weighted by atomic mass is 9.88. The Morgan fingerprint density at radius 3 is 2.65 bits per heavy atom. The molecule has 0 saturated carbocycles. The number of benzene rings is 1. The van der Waals surface area contributed by atoms with Gasteiger partial charge in [-0.25, -0.2) is 0 Å². The molecule has 0 bridgehead atoms. The summed E-state index contributed by atoms with van der Waals surface area (Å²) in [5, 5.41) is 3.53. The van der Waals surface area contributed by atoms with Gasteiger partial charge in [0.25, 0.3) is 0 Å². The predicted molar refractivity (Wildman–Crippen MR) is 75.9 cm³/mol. The highest BCUT2D eigenvalue weighted by molar-refractivity contribution is 9.10. The molecule has 1 aliphatic heterocycles. The van der Waals surface area contributed by atoms with E-state index in [1.54, 1.807) is 0 Å². The molecule has 4 heteroatoms. The zero-order valence-corrected chi connectivity index (χ0v) is 12.2. The molecule has 1 heterocycles. The van der Waals surface area contributed by atoms with Crippen molar-refractivity contribution in [2.24, 2.45) is 5.41 Å². The van der Waals surface area contributed by atoms with E-state index < -0.39 is 0 Å². The summed E-state index contributed by atoms with van der Waals surface area (Å²) in [5.41, 5.74) is 2.65. The average Bonchev–Trinajstić information content (AvgIpc) is 2.23. The molecule has 0 aliphatic carbocycles. The lowest BCUT2D eigenvalue weighted by Gasteiger charge is -2.38. The van der Waals surface area contributed by atoms with Crippen LogP contribution in [0.4, 0.5) is 11.4 Å². The van der Waals surface area contributed by atoms with Gasteiger partial charge < -0.3 is 15.0 Å². The quantitative estimate of drug-likeness (QED) is 0.925. The van der Waals surface area contributed by atoms with Gasteiger partial charge in [0.15, 0.2) is 0 Å². The second-order valence-corrected chi connectivity index (χ2v) is 6.13. The molecule has 1 aromatic carbocycles. The summed E-state index contributed by atoms with van der Waals surface area (Å²) in [5.74, 6) is 0. The number of ether oxygens (including phenoxy) is 1. The Bertz CT molecular complexity index is 402. The summed E-state index contributed by atoms with van der Waals surface area (Å²) in [7, 11) is 4.12. The lowest BCUT2D eigenvalue weighted by molar-refractivity contribution is -0.0924. The van der Waals surface area contributed by atoms with Crippen molar-refractivity contribution >= 4 is 27.3 Å². The standard InChI is InChI=1S/C13H19BrN2O/c1-13(8-17-9-13)7-15-11-6-10(14)4-5-12(11)16(2)3/h4-6,15H,7-9H2,1-3H3. The summed E-state index contributed by atoms with van der Waals surface area (Å²) in [4.78, 5) is 2.12. The van der Waals surface area contributed by atoms with E-state index >= 15 is 0 Å². The van der Waals surface area contributed by atoms with Crippen LogP contribution in [0.15, 0.2) is 22.7 Å². The van der Waals surface area contributed by atoms with Gasteiger partial charge in [0.1, 0.15) is 0 Å². The van der Waals surface area contributed by atoms with Gasteiger partial charge in [-0.15, -0.1) is 0 Å². The molecule has 0 amide bonds. The van der Waals surface area contributed by atoms with E-state index in [1.165, 1.54) is 5.69 Å². The Kier molecular flexibility index (Phi) is 3.64. The average molecular weight is 299 g/mol. The first-order chi connectivity index (χ1) is 8.00. The monoisotopic (exact) mass is 298 g/mol. The third-order valence-corrected chi connectivity index (χ3v) is 3.54. The molecule has 0 aromatic heterocycles. The summed E-state index contributed by atoms with van der Waals surface area (Å²) in [6.45, 7) is 4.90. The SMILES string of the molecule is CN(C)c1ccc(Br)cc1NCC1(C)COC1. The maximum atomic E-state index is 5.27. The van der Waals surface area contributed by atoms with Crippen molar-refractivity contribution in [1.29, 1.82) is 0 Å². The molecule has 2 rings (SSSR count). The van der Waals surface area contributed by atoms with Gasteiger partial charge in [-0.3, -0.25) is 0 Å². The van der Waals surface area contributed by atoms with E-state index in [0.717, 1.165) is 29.9 Å². The van der Waals surface area contributed by atoms with Crippen molar-refractivity contribution in [2.75, 3.05) is 44.1 Å². The molecule has 0 spiro atoms. The highest BCUT2D eigenvalue weighted by Gasteiger charge is 2.33. The lowest BCUT2D eigenvalue weighted by Crippen LogP contribution is -2.45. The fraction of sp³-hybridized carbons (Fsp3) is 0.538. The van der Waals surface area contributed by atoms with Crippen molar-refractivity contribution in [3.8, 4) is 0 Å². The summed E-state index contributed by atoms with van der Waals surface area (Å²) in [6.07, 6.45) is 0. The Morgan fingerprint density at radius 2 is 2.12 bits per heavy atom. The van der Waals surface area contributed by atoms with E-state index in [0.29, 0.717) is 0 Å². The van der Waals surface area contributed by atoms with Gasteiger partial charge in [-0.1, -0.05) is 22.9 Å². The fourth-order valence-corrected chi connectivity index (χ4v) is 2.26. The Labute approximate surface area is 111 Å². The minimum absolute atomic E-state index is 0.284. The van der Waals surface area contributed by atoms with Crippen molar-refractivity contribution in [3.63, 3.8) is 0 Å². The maximum absolute atomic E-state index is 5.27. The smallest absolute Gasteiger partial charge is 0.0597 e. The van der Waals surface area contributed by atoms with Crippen molar-refractivity contribution in [1.82, 2.24) is 0 Å². The first-order valence-corrected chi connectivity index (χ1v) is 6.58. The van der Waals surface area contributed by atoms with Crippen LogP contribution in [0.1, 0.15) is 6.92 Å². The van der Waals surface area contributed by atoms with E-state index in [-0.39, 0.29) is 5.41 Å². The number of nitrogens with zero attached hydrogens (tertiary/aromatic N) is 1. The molecule has 94 valence electrons. The van der Waals surface area contributed by atoms with Crippen molar-refractivity contribution in [3.05, 3.63) is 22.7 Å². The molecule has 3 nitrogen and oxygen atoms in total. The Balaban J connectivity index is 2.10. The molecule has 0 radical (unpaired) electrons. The van der Waals surface area contributed by atoms with Crippen LogP contribution in [0.25, 0.3) is 0 Å². The van der Waals surface area contributed by atoms with E-state index in [1.807, 2.05) is 0 Å². The fourth-order valence-electron chi connectivity index (χ4n) is 1.90. The van der Waals surface area contributed by atoms with Crippen LogP contribution in [0.5, 0.6) is 0 Å². The zero-order chi connectivity index (χ0) is 12.5. The number of anilines is 2. The van der Waals surface area contributed by atoms with Crippen LogP contribution >= 0.6 is 15.9 Å². The van der Waals surface area contributed by atoms with Crippen LogP contribution in [-0.2, 0) is 4.74 Å². The first-order valence-electron chi connectivity index (χ1n) is 5.79. The normalized spacial score (nSPS) is 17.4. The molecule has 1 fully saturated rings. The largest absolute Gasteiger partial charge is 0.383 e. The van der Waals surface area contributed by atoms with Gasteiger partial charge >= 0.3 is 0 Å². The summed E-state index contributed by atoms with van der Waals surface area (Å²) in [6, 6.07) is 6.30. The highest BCUT2D eigenvalue weighted by atomic mass is 79.9. The minimum atomic E-state index is 0.284. The summed E-state index contributed by atoms with van der Waals surface area (Å²) >= 11 is 3.51. The van der Waals surface area contributed by atoms with Gasteiger partial charge in [0, 0.05) is 30.5 Å². The molecule has 17 heavy (non-hydrogen) atoms. The third-order valence-electron chi connectivity index (χ3n) is 3.05. The Morgan fingerprint density at radius 1 is 1.41 bits per heavy atom. The Hall–Kier alpha value is -0.740. The molecule has 0 unspecified atom stereocenters. The van der Waals surface area contributed by atoms with Crippen LogP contribution in [0, 0.1) is 5.41 Å². The van der Waals surface area contributed by atoms with Gasteiger partial charge in [0.2, 0.25) is 0 Å². The van der Waals surface area contributed by atoms with E-state index in [2.05, 4.69) is 65.4 Å². The molecule has 1 N–H and O–H groups in total. The number of hydrogen-bond acceptors (Lipinski definition) is 3. The molecule has 1 aliphatic rings. The molecular weight excluding hydrogens is 280 g/mol. The molecule has 0 atom stereocenters. The topological polar surface area (TPSA) is 24.5 Å². The second kappa shape index (κ2) is 4.86. The predicted octanol–water partition coefficient (Wildman–Crippen LogP) is 2.96. The third kappa shape index (κ3) is 2.93. The second-order valence-electron chi connectivity index (χ2n) is 5.21. The number of rotatable bonds is 4. The highest BCUT2D eigenvalue weighted by Crippen LogP contribution is 2.31. The van der Waals surface area contributed by atoms with Crippen LogP contribution < -0.4 is 10.2 Å². The van der Waals surface area contributed by atoms with E-state index in [4.69, 9.17) is 4.74 Å². The maximum Gasteiger partial charge on any atom is 0.0597 e. The van der Waals surface area contributed by atoms with Crippen LogP contribution in [-0.4, -0.2) is 33.9 Å². The molecule has 1 aromatic rings. The first kappa shape index (κ1) is 12.7. The van der Waals surface area contributed by atoms with Crippen LogP contribution in [0.3, 0.4) is 0 Å². The number of halogens is 1. The van der Waals surface area contributed by atoms with Crippen molar-refractivity contribution in [2.45, 2.75) is 6.92 Å². The van der Waals surface area contributed by atoms with Crippen molar-refractivity contribution < 1.29 is 4.74 Å². The summed E-state index contributed by atoms with van der Waals surface area (Å²) < 4.78 is 6.37. The van der Waals surface area contributed by atoms with Gasteiger partial charge in [-0.2, -0.15) is 0 Å². The molecule has 1 saturated heterocycles. The van der Waals surface area contributed by atoms with E-state index in [9.17, 15) is 0 Å². The van der Waals surface area contributed by atoms with Gasteiger partial charge in [-0.05, 0) is 18.2 Å². The number of nitrogens with one attached hydrogen (secondary N) is 1. The zero-order valence-electron chi connectivity index (χ0n) is 10.6. The van der Waals surface area contributed by atoms with Crippen LogP contribution in [0.2, 0.25) is 0 Å². The van der Waals surface area contributed by atoms with Gasteiger partial charge in [0.05, 0.1) is 24.6 Å². The minimum Gasteiger partial charge on any atom is -0.383 e.